The van der Waals surface area contributed by atoms with Crippen molar-refractivity contribution in [1.29, 1.82) is 0 Å². The number of anilines is 1. The van der Waals surface area contributed by atoms with Gasteiger partial charge in [0.25, 0.3) is 0 Å². The third kappa shape index (κ3) is 6.14. The number of piperazine rings is 1. The number of rotatable bonds is 8. The lowest BCUT2D eigenvalue weighted by molar-refractivity contribution is -0.131. The molecule has 0 saturated carbocycles. The molecule has 0 unspecified atom stereocenters. The zero-order chi connectivity index (χ0) is 24.8. The minimum absolute atomic E-state index is 0.101. The average molecular weight is 514 g/mol. The minimum Gasteiger partial charge on any atom is -0.497 e. The maximum Gasteiger partial charge on any atom is 0.243 e. The summed E-state index contributed by atoms with van der Waals surface area (Å²) >= 11 is 5.95. The highest BCUT2D eigenvalue weighted by Crippen LogP contribution is 2.23. The Morgan fingerprint density at radius 2 is 1.54 bits per heavy atom. The minimum atomic E-state index is -3.91. The summed E-state index contributed by atoms with van der Waals surface area (Å²) in [7, 11) is -2.27. The van der Waals surface area contributed by atoms with Crippen LogP contribution in [0.1, 0.15) is 5.56 Å². The Kier molecular flexibility index (Phi) is 7.95. The number of hydrogen-bond donors (Lipinski definition) is 0. The van der Waals surface area contributed by atoms with E-state index in [2.05, 4.69) is 4.90 Å². The van der Waals surface area contributed by atoms with Gasteiger partial charge in [0, 0.05) is 43.4 Å². The molecule has 35 heavy (non-hydrogen) atoms. The van der Waals surface area contributed by atoms with Gasteiger partial charge >= 0.3 is 0 Å². The van der Waals surface area contributed by atoms with Crippen molar-refractivity contribution in [1.82, 2.24) is 9.21 Å². The van der Waals surface area contributed by atoms with Crippen molar-refractivity contribution in [2.24, 2.45) is 0 Å². The third-order valence-electron chi connectivity index (χ3n) is 6.03. The molecule has 4 rings (SSSR count). The Labute approximate surface area is 211 Å². The van der Waals surface area contributed by atoms with Gasteiger partial charge in [-0.1, -0.05) is 41.9 Å². The Hall–Kier alpha value is -3.07. The van der Waals surface area contributed by atoms with E-state index in [0.717, 1.165) is 17.0 Å². The first-order valence-corrected chi connectivity index (χ1v) is 13.1. The zero-order valence-corrected chi connectivity index (χ0v) is 21.1. The van der Waals surface area contributed by atoms with E-state index in [4.69, 9.17) is 16.3 Å². The highest BCUT2D eigenvalue weighted by atomic mass is 35.5. The zero-order valence-electron chi connectivity index (χ0n) is 19.5. The molecule has 1 saturated heterocycles. The number of amides is 1. The van der Waals surface area contributed by atoms with Crippen LogP contribution in [0, 0.1) is 0 Å². The van der Waals surface area contributed by atoms with Crippen molar-refractivity contribution < 1.29 is 17.9 Å². The predicted octanol–water partition coefficient (Wildman–Crippen LogP) is 3.89. The molecule has 3 aromatic carbocycles. The Morgan fingerprint density at radius 3 is 2.14 bits per heavy atom. The highest BCUT2D eigenvalue weighted by Gasteiger charge is 2.30. The largest absolute Gasteiger partial charge is 0.497 e. The fourth-order valence-electron chi connectivity index (χ4n) is 4.03. The SMILES string of the molecule is COc1ccc(N2CCN(C(=O)CN(Cc3ccccc3)S(=O)(=O)c3ccc(Cl)cc3)CC2)cc1. The molecule has 1 aliphatic heterocycles. The normalized spacial score (nSPS) is 14.3. The van der Waals surface area contributed by atoms with E-state index in [1.165, 1.54) is 28.6 Å². The van der Waals surface area contributed by atoms with Crippen LogP contribution in [0.5, 0.6) is 5.75 Å². The van der Waals surface area contributed by atoms with E-state index >= 15 is 0 Å². The molecule has 184 valence electrons. The van der Waals surface area contributed by atoms with Crippen LogP contribution >= 0.6 is 11.6 Å². The summed E-state index contributed by atoms with van der Waals surface area (Å²) in [6.45, 7) is 2.24. The molecule has 0 aromatic heterocycles. The predicted molar refractivity (Wildman–Crippen MR) is 137 cm³/mol. The molecule has 0 N–H and O–H groups in total. The van der Waals surface area contributed by atoms with Crippen LogP contribution in [-0.2, 0) is 21.4 Å². The van der Waals surface area contributed by atoms with Gasteiger partial charge in [-0.25, -0.2) is 8.42 Å². The monoisotopic (exact) mass is 513 g/mol. The van der Waals surface area contributed by atoms with Crippen molar-refractivity contribution in [2.45, 2.75) is 11.4 Å². The van der Waals surface area contributed by atoms with Crippen molar-refractivity contribution >= 4 is 33.2 Å². The molecule has 0 atom stereocenters. The number of nitrogens with zero attached hydrogens (tertiary/aromatic N) is 3. The number of methoxy groups -OCH3 is 1. The van der Waals surface area contributed by atoms with Gasteiger partial charge in [0.05, 0.1) is 18.6 Å². The first-order chi connectivity index (χ1) is 16.9. The standard InChI is InChI=1S/C26H28ClN3O4S/c1-34-24-11-9-23(10-12-24)28-15-17-29(18-16-28)26(31)20-30(19-21-5-3-2-4-6-21)35(32,33)25-13-7-22(27)8-14-25/h2-14H,15-20H2,1H3. The van der Waals surface area contributed by atoms with Crippen LogP contribution in [0.4, 0.5) is 5.69 Å². The highest BCUT2D eigenvalue weighted by molar-refractivity contribution is 7.89. The molecule has 0 aliphatic carbocycles. The van der Waals surface area contributed by atoms with E-state index in [9.17, 15) is 13.2 Å². The number of ether oxygens (including phenoxy) is 1. The van der Waals surface area contributed by atoms with Gasteiger partial charge in [0.2, 0.25) is 15.9 Å². The Morgan fingerprint density at radius 1 is 0.914 bits per heavy atom. The number of sulfonamides is 1. The van der Waals surface area contributed by atoms with Gasteiger partial charge in [-0.05, 0) is 54.1 Å². The van der Waals surface area contributed by atoms with Crippen LogP contribution in [0.15, 0.2) is 83.8 Å². The number of carbonyl (C=O) groups excluding carboxylic acids is 1. The second-order valence-corrected chi connectivity index (χ2v) is 10.7. The lowest BCUT2D eigenvalue weighted by atomic mass is 10.2. The van der Waals surface area contributed by atoms with E-state index < -0.39 is 10.0 Å². The molecule has 0 bridgehead atoms. The van der Waals surface area contributed by atoms with Gasteiger partial charge in [0.15, 0.2) is 0 Å². The molecular formula is C26H28ClN3O4S. The van der Waals surface area contributed by atoms with Crippen LogP contribution in [0.3, 0.4) is 0 Å². The fraction of sp³-hybridized carbons (Fsp3) is 0.269. The number of benzene rings is 3. The van der Waals surface area contributed by atoms with Gasteiger partial charge in [0.1, 0.15) is 5.75 Å². The molecule has 1 aliphatic rings. The molecule has 1 heterocycles. The van der Waals surface area contributed by atoms with Crippen molar-refractivity contribution in [2.75, 3.05) is 44.7 Å². The van der Waals surface area contributed by atoms with Crippen LogP contribution in [0.25, 0.3) is 0 Å². The summed E-state index contributed by atoms with van der Waals surface area (Å²) in [5, 5.41) is 0.448. The topological polar surface area (TPSA) is 70.2 Å². The third-order valence-corrected chi connectivity index (χ3v) is 8.09. The maximum absolute atomic E-state index is 13.4. The summed E-state index contributed by atoms with van der Waals surface area (Å²) in [6, 6.07) is 23.1. The first-order valence-electron chi connectivity index (χ1n) is 11.3. The van der Waals surface area contributed by atoms with Crippen LogP contribution in [-0.4, -0.2) is 63.4 Å². The second kappa shape index (κ2) is 11.1. The van der Waals surface area contributed by atoms with Crippen molar-refractivity contribution in [3.63, 3.8) is 0 Å². The molecule has 0 spiro atoms. The Bertz CT molecular complexity index is 1230. The number of halogens is 1. The molecule has 1 amide bonds. The summed E-state index contributed by atoms with van der Waals surface area (Å²) in [5.74, 6) is 0.579. The molecular weight excluding hydrogens is 486 g/mol. The molecule has 7 nitrogen and oxygen atoms in total. The Balaban J connectivity index is 1.46. The van der Waals surface area contributed by atoms with E-state index in [1.54, 1.807) is 12.0 Å². The maximum atomic E-state index is 13.4. The van der Waals surface area contributed by atoms with Gasteiger partial charge < -0.3 is 14.5 Å². The molecule has 1 fully saturated rings. The average Bonchev–Trinajstić information content (AvgIpc) is 2.89. The summed E-state index contributed by atoms with van der Waals surface area (Å²) in [6.07, 6.45) is 0. The lowest BCUT2D eigenvalue weighted by Gasteiger charge is -2.37. The summed E-state index contributed by atoms with van der Waals surface area (Å²) in [5.41, 5.74) is 1.87. The molecule has 3 aromatic rings. The quantitative estimate of drug-likeness (QED) is 0.457. The van der Waals surface area contributed by atoms with Gasteiger partial charge in [-0.15, -0.1) is 0 Å². The first kappa shape index (κ1) is 25.0. The van der Waals surface area contributed by atoms with Crippen LogP contribution in [0.2, 0.25) is 5.02 Å². The molecule has 9 heteroatoms. The van der Waals surface area contributed by atoms with E-state index in [1.807, 2.05) is 54.6 Å². The van der Waals surface area contributed by atoms with Crippen molar-refractivity contribution in [3.05, 3.63) is 89.4 Å². The number of carbonyl (C=O) groups is 1. The fourth-order valence-corrected chi connectivity index (χ4v) is 5.53. The van der Waals surface area contributed by atoms with Crippen molar-refractivity contribution in [3.8, 4) is 5.75 Å². The van der Waals surface area contributed by atoms with E-state index in [0.29, 0.717) is 31.2 Å². The second-order valence-electron chi connectivity index (χ2n) is 8.28. The van der Waals surface area contributed by atoms with E-state index in [-0.39, 0.29) is 23.9 Å². The number of hydrogen-bond acceptors (Lipinski definition) is 5. The lowest BCUT2D eigenvalue weighted by Crippen LogP contribution is -2.51. The summed E-state index contributed by atoms with van der Waals surface area (Å²) < 4.78 is 33.4. The van der Waals surface area contributed by atoms with Gasteiger partial charge in [-0.2, -0.15) is 4.31 Å². The van der Waals surface area contributed by atoms with Crippen LogP contribution < -0.4 is 9.64 Å². The smallest absolute Gasteiger partial charge is 0.243 e. The molecule has 0 radical (unpaired) electrons. The summed E-state index contributed by atoms with van der Waals surface area (Å²) in [4.78, 5) is 17.3. The van der Waals surface area contributed by atoms with Gasteiger partial charge in [-0.3, -0.25) is 4.79 Å².